The summed E-state index contributed by atoms with van der Waals surface area (Å²) < 4.78 is 11.3. The number of hydrogen-bond acceptors (Lipinski definition) is 8. The molecule has 1 amide bonds. The van der Waals surface area contributed by atoms with Crippen LogP contribution in [-0.4, -0.2) is 87.5 Å². The molecule has 0 aromatic rings. The molecule has 1 aliphatic rings. The predicted octanol–water partition coefficient (Wildman–Crippen LogP) is 13.9. The molecule has 1 rings (SSSR count). The Hall–Kier alpha value is -0.810. The van der Waals surface area contributed by atoms with Gasteiger partial charge >= 0.3 is 0 Å². The van der Waals surface area contributed by atoms with Gasteiger partial charge in [-0.1, -0.05) is 277 Å². The molecule has 6 N–H and O–H groups in total. The second-order valence-corrected chi connectivity index (χ2v) is 20.5. The molecule has 0 aromatic heterocycles. The fourth-order valence-electron chi connectivity index (χ4n) is 9.64. The van der Waals surface area contributed by atoms with Crippen LogP contribution in [-0.2, 0) is 14.3 Å². The van der Waals surface area contributed by atoms with Gasteiger partial charge in [0, 0.05) is 6.42 Å². The number of amides is 1. The zero-order valence-corrected chi connectivity index (χ0v) is 43.0. The zero-order valence-electron chi connectivity index (χ0n) is 43.0. The minimum absolute atomic E-state index is 0.131. The van der Waals surface area contributed by atoms with E-state index in [0.29, 0.717) is 12.8 Å². The molecule has 9 heteroatoms. The van der Waals surface area contributed by atoms with Crippen LogP contribution in [0, 0.1) is 0 Å². The lowest BCUT2D eigenvalue weighted by molar-refractivity contribution is -0.302. The second-order valence-electron chi connectivity index (χ2n) is 20.5. The maximum absolute atomic E-state index is 13.1. The average molecular weight is 927 g/mol. The third-order valence-corrected chi connectivity index (χ3v) is 14.2. The van der Waals surface area contributed by atoms with Crippen LogP contribution in [0.4, 0.5) is 0 Å². The topological polar surface area (TPSA) is 149 Å². The molecular formula is C56H111NO8. The third-order valence-electron chi connectivity index (χ3n) is 14.2. The Balaban J connectivity index is 2.19. The smallest absolute Gasteiger partial charge is 0.220 e. The number of carbonyl (C=O) groups is 1. The van der Waals surface area contributed by atoms with Crippen molar-refractivity contribution in [2.45, 2.75) is 339 Å². The first-order valence-corrected chi connectivity index (χ1v) is 28.7. The maximum Gasteiger partial charge on any atom is 0.220 e. The molecule has 0 spiro atoms. The normalized spacial score (nSPS) is 19.8. The summed E-state index contributed by atoms with van der Waals surface area (Å²) in [7, 11) is 0. The Morgan fingerprint density at radius 3 is 1.09 bits per heavy atom. The molecule has 0 bridgehead atoms. The van der Waals surface area contributed by atoms with Gasteiger partial charge in [0.05, 0.1) is 25.4 Å². The lowest BCUT2D eigenvalue weighted by Crippen LogP contribution is -2.60. The summed E-state index contributed by atoms with van der Waals surface area (Å²) in [6, 6.07) is -0.713. The Labute approximate surface area is 402 Å². The van der Waals surface area contributed by atoms with Crippen LogP contribution in [0.2, 0.25) is 0 Å². The maximum atomic E-state index is 13.1. The lowest BCUT2D eigenvalue weighted by atomic mass is 9.99. The fourth-order valence-corrected chi connectivity index (χ4v) is 9.64. The van der Waals surface area contributed by atoms with Gasteiger partial charge in [0.25, 0.3) is 0 Å². The van der Waals surface area contributed by atoms with Crippen LogP contribution in [0.5, 0.6) is 0 Å². The van der Waals surface area contributed by atoms with Gasteiger partial charge in [-0.05, 0) is 12.8 Å². The highest BCUT2D eigenvalue weighted by atomic mass is 16.7. The van der Waals surface area contributed by atoms with Crippen molar-refractivity contribution in [2.24, 2.45) is 0 Å². The van der Waals surface area contributed by atoms with Gasteiger partial charge in [0.15, 0.2) is 6.29 Å². The highest BCUT2D eigenvalue weighted by molar-refractivity contribution is 5.76. The van der Waals surface area contributed by atoms with E-state index in [2.05, 4.69) is 19.2 Å². The summed E-state index contributed by atoms with van der Waals surface area (Å²) >= 11 is 0. The number of rotatable bonds is 50. The van der Waals surface area contributed by atoms with E-state index in [1.165, 1.54) is 231 Å². The number of aliphatic hydroxyl groups excluding tert-OH is 5. The lowest BCUT2D eigenvalue weighted by Gasteiger charge is -2.40. The summed E-state index contributed by atoms with van der Waals surface area (Å²) in [6.07, 6.45) is 48.4. The van der Waals surface area contributed by atoms with Crippen molar-refractivity contribution in [2.75, 3.05) is 13.2 Å². The molecule has 7 unspecified atom stereocenters. The molecule has 7 atom stereocenters. The van der Waals surface area contributed by atoms with Gasteiger partial charge in [-0.25, -0.2) is 0 Å². The Bertz CT molecular complexity index is 986. The number of ether oxygens (including phenoxy) is 2. The van der Waals surface area contributed by atoms with Crippen molar-refractivity contribution >= 4 is 5.91 Å². The van der Waals surface area contributed by atoms with Crippen molar-refractivity contribution in [1.29, 1.82) is 0 Å². The largest absolute Gasteiger partial charge is 0.394 e. The summed E-state index contributed by atoms with van der Waals surface area (Å²) in [4.78, 5) is 13.1. The molecule has 1 heterocycles. The third kappa shape index (κ3) is 36.8. The van der Waals surface area contributed by atoms with Crippen molar-refractivity contribution in [1.82, 2.24) is 5.32 Å². The summed E-state index contributed by atoms with van der Waals surface area (Å²) in [5, 5.41) is 54.7. The first-order valence-electron chi connectivity index (χ1n) is 28.7. The summed E-state index contributed by atoms with van der Waals surface area (Å²) in [6.45, 7) is 3.89. The van der Waals surface area contributed by atoms with Crippen LogP contribution in [0.3, 0.4) is 0 Å². The quantitative estimate of drug-likeness (QED) is 0.0330. The predicted molar refractivity (Wildman–Crippen MR) is 272 cm³/mol. The Kier molecular flexibility index (Phi) is 44.9. The van der Waals surface area contributed by atoms with Gasteiger partial charge in [-0.2, -0.15) is 0 Å². The van der Waals surface area contributed by atoms with Crippen LogP contribution in [0.15, 0.2) is 0 Å². The molecule has 1 aliphatic heterocycles. The van der Waals surface area contributed by atoms with Crippen molar-refractivity contribution < 1.29 is 39.8 Å². The van der Waals surface area contributed by atoms with Crippen LogP contribution >= 0.6 is 0 Å². The van der Waals surface area contributed by atoms with Gasteiger partial charge in [-0.15, -0.1) is 0 Å². The minimum Gasteiger partial charge on any atom is -0.394 e. The number of nitrogens with one attached hydrogen (secondary N) is 1. The number of hydrogen-bond donors (Lipinski definition) is 6. The van der Waals surface area contributed by atoms with Crippen molar-refractivity contribution in [3.63, 3.8) is 0 Å². The van der Waals surface area contributed by atoms with Crippen LogP contribution in [0.1, 0.15) is 296 Å². The van der Waals surface area contributed by atoms with Gasteiger partial charge in [0.1, 0.15) is 24.4 Å². The van der Waals surface area contributed by atoms with Crippen molar-refractivity contribution in [3.8, 4) is 0 Å². The SMILES string of the molecule is CCCCCCCCCCCCCCCCCCCCCCCCCC(=O)NC(COC1OC(CO)C(O)C(O)C1O)C(O)CCCCCCCCCCCCCCCCCCCCC. The molecular weight excluding hydrogens is 815 g/mol. The van der Waals surface area contributed by atoms with Gasteiger partial charge < -0.3 is 40.3 Å². The molecule has 0 saturated carbocycles. The minimum atomic E-state index is -1.55. The average Bonchev–Trinajstić information content (AvgIpc) is 3.31. The second kappa shape index (κ2) is 46.9. The molecule has 388 valence electrons. The molecule has 0 aromatic carbocycles. The van der Waals surface area contributed by atoms with E-state index in [1.54, 1.807) is 0 Å². The Morgan fingerprint density at radius 2 is 0.769 bits per heavy atom. The van der Waals surface area contributed by atoms with Crippen LogP contribution in [0.25, 0.3) is 0 Å². The monoisotopic (exact) mass is 926 g/mol. The zero-order chi connectivity index (χ0) is 47.3. The molecule has 9 nitrogen and oxygen atoms in total. The first kappa shape index (κ1) is 62.2. The van der Waals surface area contributed by atoms with E-state index in [4.69, 9.17) is 9.47 Å². The summed E-state index contributed by atoms with van der Waals surface area (Å²) in [5.74, 6) is -0.136. The number of unbranched alkanes of at least 4 members (excludes halogenated alkanes) is 40. The van der Waals surface area contributed by atoms with E-state index in [0.717, 1.165) is 38.5 Å². The van der Waals surface area contributed by atoms with Gasteiger partial charge in [-0.3, -0.25) is 4.79 Å². The van der Waals surface area contributed by atoms with E-state index in [1.807, 2.05) is 0 Å². The van der Waals surface area contributed by atoms with Crippen molar-refractivity contribution in [3.05, 3.63) is 0 Å². The number of aliphatic hydroxyl groups is 5. The Morgan fingerprint density at radius 1 is 0.462 bits per heavy atom. The van der Waals surface area contributed by atoms with E-state index < -0.39 is 49.5 Å². The highest BCUT2D eigenvalue weighted by Crippen LogP contribution is 2.23. The van der Waals surface area contributed by atoms with E-state index in [-0.39, 0.29) is 12.5 Å². The van der Waals surface area contributed by atoms with E-state index in [9.17, 15) is 30.3 Å². The highest BCUT2D eigenvalue weighted by Gasteiger charge is 2.44. The molecule has 65 heavy (non-hydrogen) atoms. The van der Waals surface area contributed by atoms with Crippen LogP contribution < -0.4 is 5.32 Å². The molecule has 1 saturated heterocycles. The first-order chi connectivity index (χ1) is 31.8. The van der Waals surface area contributed by atoms with Gasteiger partial charge in [0.2, 0.25) is 5.91 Å². The standard InChI is InChI=1S/C56H111NO8/c1-3-5-7-9-11-13-15-17-19-21-23-24-25-26-28-30-32-34-36-38-40-42-44-46-52(60)57-49(48-64-56-55(63)54(62)53(61)51(47-58)65-56)50(59)45-43-41-39-37-35-33-31-29-27-22-20-18-16-14-12-10-8-6-4-2/h49-51,53-56,58-59,61-63H,3-48H2,1-2H3,(H,57,60). The molecule has 0 radical (unpaired) electrons. The summed E-state index contributed by atoms with van der Waals surface area (Å²) in [5.41, 5.74) is 0. The van der Waals surface area contributed by atoms with E-state index >= 15 is 0 Å². The molecule has 0 aliphatic carbocycles. The number of carbonyl (C=O) groups excluding carboxylic acids is 1. The molecule has 1 fully saturated rings. The fraction of sp³-hybridized carbons (Fsp3) is 0.982.